The highest BCUT2D eigenvalue weighted by molar-refractivity contribution is 6.33. The number of halogens is 6. The Morgan fingerprint density at radius 1 is 0.889 bits per heavy atom. The number of carbonyl (C=O) groups excluding carboxylic acids is 4. The summed E-state index contributed by atoms with van der Waals surface area (Å²) in [6.07, 6.45) is -2.26. The molecule has 9 nitrogen and oxygen atoms in total. The molecule has 1 saturated carbocycles. The summed E-state index contributed by atoms with van der Waals surface area (Å²) in [5, 5.41) is 11.7. The number of phenolic OH excluding ortho intramolecular Hbond substituents is 1. The summed E-state index contributed by atoms with van der Waals surface area (Å²) < 4.78 is 40.3. The lowest BCUT2D eigenvalue weighted by atomic mass is 9.49. The van der Waals surface area contributed by atoms with Crippen LogP contribution in [0.15, 0.2) is 90.6 Å². The minimum atomic E-state index is -4.75. The fraction of sp³-hybridized carbons (Fsp3) is 0.256. The number of hydrogen-bond acceptors (Lipinski definition) is 7. The van der Waals surface area contributed by atoms with Crippen molar-refractivity contribution < 1.29 is 37.5 Å². The van der Waals surface area contributed by atoms with E-state index < -0.39 is 75.4 Å². The van der Waals surface area contributed by atoms with Gasteiger partial charge in [-0.1, -0.05) is 76.8 Å². The molecule has 1 aromatic heterocycles. The second-order valence-electron chi connectivity index (χ2n) is 14.0. The number of imide groups is 2. The van der Waals surface area contributed by atoms with E-state index in [9.17, 15) is 32.7 Å². The summed E-state index contributed by atoms with van der Waals surface area (Å²) in [7, 11) is 0. The molecule has 2 saturated heterocycles. The van der Waals surface area contributed by atoms with E-state index in [0.717, 1.165) is 10.5 Å². The summed E-state index contributed by atoms with van der Waals surface area (Å²) in [6.45, 7) is 1.80. The maximum Gasteiger partial charge on any atom is 0.417 e. The number of hydrogen-bond donors (Lipinski definition) is 2. The number of aromatic hydroxyl groups is 1. The van der Waals surface area contributed by atoms with Gasteiger partial charge in [0.1, 0.15) is 5.75 Å². The van der Waals surface area contributed by atoms with Crippen molar-refractivity contribution in [1.29, 1.82) is 0 Å². The highest BCUT2D eigenvalue weighted by Crippen LogP contribution is 2.64. The monoisotopic (exact) mass is 794 g/mol. The van der Waals surface area contributed by atoms with E-state index in [1.165, 1.54) is 12.1 Å². The van der Waals surface area contributed by atoms with Crippen LogP contribution in [0, 0.1) is 30.6 Å². The van der Waals surface area contributed by atoms with Crippen molar-refractivity contribution in [3.8, 4) is 5.75 Å². The highest BCUT2D eigenvalue weighted by atomic mass is 35.5. The van der Waals surface area contributed by atoms with Crippen molar-refractivity contribution in [3.05, 3.63) is 128 Å². The number of nitrogens with one attached hydrogen (secondary N) is 1. The Morgan fingerprint density at radius 2 is 1.63 bits per heavy atom. The van der Waals surface area contributed by atoms with Crippen LogP contribution in [-0.4, -0.2) is 38.7 Å². The number of benzene rings is 3. The van der Waals surface area contributed by atoms with Crippen LogP contribution in [0.4, 0.5) is 24.7 Å². The summed E-state index contributed by atoms with van der Waals surface area (Å²) >= 11 is 18.9. The molecular formula is C39H28Cl3F3N4O5. The number of rotatable bonds is 5. The lowest BCUT2D eigenvalue weighted by Crippen LogP contribution is -2.53. The van der Waals surface area contributed by atoms with Gasteiger partial charge in [-0.3, -0.25) is 24.6 Å². The zero-order valence-corrected chi connectivity index (χ0v) is 30.3. The first-order chi connectivity index (χ1) is 25.6. The number of pyridine rings is 1. The first kappa shape index (κ1) is 36.1. The number of aryl methyl sites for hydroxylation is 1. The first-order valence-corrected chi connectivity index (χ1v) is 18.0. The van der Waals surface area contributed by atoms with Gasteiger partial charge in [0.05, 0.1) is 39.4 Å². The molecule has 0 unspecified atom stereocenters. The first-order valence-electron chi connectivity index (χ1n) is 16.9. The number of fused-ring (bicyclic) bond motifs is 4. The fourth-order valence-corrected chi connectivity index (χ4v) is 9.35. The summed E-state index contributed by atoms with van der Waals surface area (Å²) in [6, 6.07) is 18.2. The Hall–Kier alpha value is -4.91. The molecule has 3 heterocycles. The summed E-state index contributed by atoms with van der Waals surface area (Å²) in [4.78, 5) is 63.4. The minimum Gasteiger partial charge on any atom is -0.508 e. The predicted octanol–water partition coefficient (Wildman–Crippen LogP) is 8.26. The van der Waals surface area contributed by atoms with Crippen LogP contribution in [0.5, 0.6) is 5.75 Å². The normalized spacial score (nSPS) is 26.4. The Labute approximate surface area is 321 Å². The third-order valence-electron chi connectivity index (χ3n) is 11.2. The number of nitrogens with zero attached hydrogens (tertiary/aromatic N) is 3. The van der Waals surface area contributed by atoms with Crippen LogP contribution < -0.4 is 10.3 Å². The molecule has 4 aliphatic rings. The summed E-state index contributed by atoms with van der Waals surface area (Å²) in [5.41, 5.74) is 2.30. The topological polar surface area (TPSA) is 120 Å². The van der Waals surface area contributed by atoms with Crippen molar-refractivity contribution in [1.82, 2.24) is 9.99 Å². The van der Waals surface area contributed by atoms with Gasteiger partial charge < -0.3 is 5.11 Å². The van der Waals surface area contributed by atoms with Gasteiger partial charge in [0.25, 0.3) is 11.8 Å². The number of carbonyl (C=O) groups is 4. The Morgan fingerprint density at radius 3 is 2.30 bits per heavy atom. The van der Waals surface area contributed by atoms with Crippen LogP contribution in [0.1, 0.15) is 41.0 Å². The van der Waals surface area contributed by atoms with Crippen molar-refractivity contribution in [2.75, 3.05) is 10.3 Å². The maximum absolute atomic E-state index is 15.2. The molecule has 2 aliphatic heterocycles. The van der Waals surface area contributed by atoms with Crippen molar-refractivity contribution in [3.63, 3.8) is 0 Å². The second kappa shape index (κ2) is 12.9. The molecule has 0 bridgehead atoms. The van der Waals surface area contributed by atoms with Gasteiger partial charge in [-0.05, 0) is 84.8 Å². The van der Waals surface area contributed by atoms with Crippen LogP contribution in [0.3, 0.4) is 0 Å². The zero-order valence-electron chi connectivity index (χ0n) is 28.1. The third-order valence-corrected chi connectivity index (χ3v) is 12.1. The van der Waals surface area contributed by atoms with E-state index in [1.807, 2.05) is 6.08 Å². The van der Waals surface area contributed by atoms with Crippen LogP contribution >= 0.6 is 34.8 Å². The van der Waals surface area contributed by atoms with Gasteiger partial charge >= 0.3 is 6.18 Å². The lowest BCUT2D eigenvalue weighted by Gasteiger charge is -2.50. The molecule has 4 aromatic rings. The van der Waals surface area contributed by atoms with Gasteiger partial charge in [-0.25, -0.2) is 9.88 Å². The Balaban J connectivity index is 1.30. The molecule has 2 aliphatic carbocycles. The second-order valence-corrected chi connectivity index (χ2v) is 15.2. The average Bonchev–Trinajstić information content (AvgIpc) is 3.50. The smallest absolute Gasteiger partial charge is 0.417 e. The van der Waals surface area contributed by atoms with E-state index in [4.69, 9.17) is 34.8 Å². The van der Waals surface area contributed by atoms with E-state index in [-0.39, 0.29) is 24.4 Å². The molecule has 276 valence electrons. The quantitative estimate of drug-likeness (QED) is 0.154. The molecule has 4 amide bonds. The largest absolute Gasteiger partial charge is 0.508 e. The van der Waals surface area contributed by atoms with Gasteiger partial charge in [0.15, 0.2) is 5.82 Å². The number of hydrazine groups is 1. The zero-order chi connectivity index (χ0) is 38.4. The summed E-state index contributed by atoms with van der Waals surface area (Å²) in [5.74, 6) is -7.44. The number of amides is 4. The maximum atomic E-state index is 15.2. The van der Waals surface area contributed by atoms with Gasteiger partial charge in [0.2, 0.25) is 11.8 Å². The molecular weight excluding hydrogens is 768 g/mol. The SMILES string of the molecule is Cc1ccc(N2C(=O)[C@H]3[C@H](CC=C4[C@H]3C[C@H]3C(=O)N(Nc5ncc(C(F)(F)F)cc5Cl)C(=O)[C@@]3(c3ccc(Cl)cc3)[C@H]4c3cccc(O)c3)C2=O)cc1Cl. The van der Waals surface area contributed by atoms with E-state index in [0.29, 0.717) is 49.7 Å². The molecule has 3 aromatic carbocycles. The van der Waals surface area contributed by atoms with E-state index in [1.54, 1.807) is 61.5 Å². The minimum absolute atomic E-state index is 0.0522. The van der Waals surface area contributed by atoms with E-state index >= 15 is 4.79 Å². The molecule has 15 heteroatoms. The van der Waals surface area contributed by atoms with Crippen molar-refractivity contribution in [2.24, 2.45) is 23.7 Å². The number of phenols is 1. The molecule has 8 rings (SSSR count). The van der Waals surface area contributed by atoms with Crippen LogP contribution in [0.25, 0.3) is 0 Å². The van der Waals surface area contributed by atoms with Crippen molar-refractivity contribution >= 4 is 69.9 Å². The molecule has 0 spiro atoms. The number of allylic oxidation sites excluding steroid dienone is 2. The number of aromatic nitrogens is 1. The Kier molecular flexibility index (Phi) is 8.59. The third kappa shape index (κ3) is 5.40. The van der Waals surface area contributed by atoms with Gasteiger partial charge in [-0.2, -0.15) is 18.2 Å². The van der Waals surface area contributed by atoms with Gasteiger partial charge in [-0.15, -0.1) is 0 Å². The molecule has 3 fully saturated rings. The number of anilines is 2. The molecule has 6 atom stereocenters. The highest BCUT2D eigenvalue weighted by Gasteiger charge is 2.70. The lowest BCUT2D eigenvalue weighted by molar-refractivity contribution is -0.139. The number of alkyl halides is 3. The van der Waals surface area contributed by atoms with Gasteiger partial charge in [0, 0.05) is 22.2 Å². The van der Waals surface area contributed by atoms with Crippen molar-refractivity contribution in [2.45, 2.75) is 37.3 Å². The fourth-order valence-electron chi connectivity index (χ4n) is 8.84. The van der Waals surface area contributed by atoms with Crippen LogP contribution in [0.2, 0.25) is 15.1 Å². The Bertz CT molecular complexity index is 2320. The molecule has 0 radical (unpaired) electrons. The molecule has 54 heavy (non-hydrogen) atoms. The van der Waals surface area contributed by atoms with Crippen LogP contribution in [-0.2, 0) is 30.8 Å². The predicted molar refractivity (Wildman–Crippen MR) is 194 cm³/mol. The average molecular weight is 796 g/mol. The van der Waals surface area contributed by atoms with E-state index in [2.05, 4.69) is 10.4 Å². The molecule has 2 N–H and O–H groups in total. The standard InChI is InChI=1S/C39H28Cl3F3N4O5/c1-18-5-10-23(15-29(18)41)48-34(51)26-12-11-25-27(31(26)36(48)53)16-28-35(52)49(47-33-30(42)14-21(17-46-33)39(43,44)45)37(54)38(28,20-6-8-22(40)9-7-20)32(25)19-3-2-4-24(50)13-19/h2-11,13-15,17,26-28,31-32,50H,12,16H2,1H3,(H,46,47)/t26-,27+,28-,31-,32-,38+/m0/s1.